The van der Waals surface area contributed by atoms with Gasteiger partial charge in [-0.05, 0) is 44.4 Å². The van der Waals surface area contributed by atoms with E-state index >= 15 is 0 Å². The van der Waals surface area contributed by atoms with Gasteiger partial charge in [0.2, 0.25) is 11.8 Å². The number of nitrogens with zero attached hydrogens (tertiary/aromatic N) is 1. The third kappa shape index (κ3) is 5.28. The first-order valence-corrected chi connectivity index (χ1v) is 10.4. The van der Waals surface area contributed by atoms with Gasteiger partial charge in [0.05, 0.1) is 17.1 Å². The van der Waals surface area contributed by atoms with Gasteiger partial charge in [-0.2, -0.15) is 0 Å². The number of nitrogens with one attached hydrogen (secondary N) is 2. The number of anilines is 1. The molecule has 1 aliphatic carbocycles. The van der Waals surface area contributed by atoms with E-state index in [1.165, 1.54) is 18.3 Å². The Hall–Kier alpha value is -1.48. The summed E-state index contributed by atoms with van der Waals surface area (Å²) in [6.45, 7) is 4.60. The fourth-order valence-corrected chi connectivity index (χ4v) is 5.24. The summed E-state index contributed by atoms with van der Waals surface area (Å²) in [7, 11) is 0. The lowest BCUT2D eigenvalue weighted by atomic mass is 9.95. The van der Waals surface area contributed by atoms with Crippen LogP contribution in [0.3, 0.4) is 0 Å². The van der Waals surface area contributed by atoms with Crippen molar-refractivity contribution >= 4 is 52.0 Å². The van der Waals surface area contributed by atoms with Gasteiger partial charge in [0.1, 0.15) is 0 Å². The van der Waals surface area contributed by atoms with E-state index in [0.29, 0.717) is 18.2 Å². The van der Waals surface area contributed by atoms with Gasteiger partial charge in [-0.3, -0.25) is 9.59 Å². The zero-order valence-corrected chi connectivity index (χ0v) is 17.9. The van der Waals surface area contributed by atoms with Crippen LogP contribution in [0.15, 0.2) is 12.1 Å². The topological polar surface area (TPSA) is 97.1 Å². The van der Waals surface area contributed by atoms with E-state index in [0.717, 1.165) is 39.6 Å². The van der Waals surface area contributed by atoms with E-state index in [-0.39, 0.29) is 36.1 Å². The highest BCUT2D eigenvalue weighted by Crippen LogP contribution is 2.36. The van der Waals surface area contributed by atoms with Crippen molar-refractivity contribution in [2.75, 3.05) is 11.9 Å². The van der Waals surface area contributed by atoms with Crippen molar-refractivity contribution in [1.82, 2.24) is 10.3 Å². The Bertz CT molecular complexity index is 805. The first-order chi connectivity index (χ1) is 12.5. The van der Waals surface area contributed by atoms with Gasteiger partial charge in [-0.15, -0.1) is 35.1 Å². The second kappa shape index (κ2) is 9.64. The van der Waals surface area contributed by atoms with E-state index in [1.54, 1.807) is 11.3 Å². The number of amides is 2. The van der Waals surface area contributed by atoms with Crippen molar-refractivity contribution in [2.45, 2.75) is 39.7 Å². The number of thiophene rings is 1. The summed E-state index contributed by atoms with van der Waals surface area (Å²) in [6, 6.07) is 4.01. The minimum absolute atomic E-state index is 0. The molecule has 148 valence electrons. The molecule has 0 radical (unpaired) electrons. The molecule has 0 saturated heterocycles. The Balaban J connectivity index is 0.00000261. The Morgan fingerprint density at radius 1 is 1.30 bits per heavy atom. The van der Waals surface area contributed by atoms with Crippen molar-refractivity contribution in [2.24, 2.45) is 17.6 Å². The Labute approximate surface area is 173 Å². The van der Waals surface area contributed by atoms with Crippen molar-refractivity contribution in [3.63, 3.8) is 0 Å². The van der Waals surface area contributed by atoms with Crippen molar-refractivity contribution in [1.29, 1.82) is 0 Å². The summed E-state index contributed by atoms with van der Waals surface area (Å²) < 4.78 is 0. The molecule has 1 aliphatic rings. The molecule has 0 aromatic carbocycles. The molecule has 0 unspecified atom stereocenters. The molecule has 2 heterocycles. The first-order valence-electron chi connectivity index (χ1n) is 8.79. The molecule has 1 fully saturated rings. The molecule has 0 spiro atoms. The zero-order valence-electron chi connectivity index (χ0n) is 15.4. The molecule has 0 bridgehead atoms. The van der Waals surface area contributed by atoms with Gasteiger partial charge in [0.25, 0.3) is 0 Å². The Morgan fingerprint density at radius 3 is 2.78 bits per heavy atom. The van der Waals surface area contributed by atoms with Crippen LogP contribution in [0, 0.1) is 18.8 Å². The van der Waals surface area contributed by atoms with Crippen molar-refractivity contribution < 1.29 is 9.59 Å². The zero-order chi connectivity index (χ0) is 18.7. The molecule has 2 aromatic rings. The summed E-state index contributed by atoms with van der Waals surface area (Å²) in [5.41, 5.74) is 6.68. The smallest absolute Gasteiger partial charge is 0.229 e. The van der Waals surface area contributed by atoms with Gasteiger partial charge >= 0.3 is 0 Å². The maximum Gasteiger partial charge on any atom is 0.229 e. The summed E-state index contributed by atoms with van der Waals surface area (Å²) in [5.74, 6) is 0.274. The standard InChI is InChI=1S/C18H24N4O2S2.ClH/c1-10-16(15-7-6-13(26-15)9-20-11(2)23)21-18(25-10)22-17(24)14-5-3-4-12(14)8-19;/h6-7,12,14H,3-5,8-9,19H2,1-2H3,(H,20,23)(H,21,22,24);1H/t12-,14-;/m1./s1. The van der Waals surface area contributed by atoms with Crippen LogP contribution in [-0.2, 0) is 16.1 Å². The monoisotopic (exact) mass is 428 g/mol. The molecule has 1 saturated carbocycles. The molecule has 4 N–H and O–H groups in total. The molecular formula is C18H25ClN4O2S2. The van der Waals surface area contributed by atoms with Crippen molar-refractivity contribution in [3.8, 4) is 10.6 Å². The van der Waals surface area contributed by atoms with Gasteiger partial charge in [-0.1, -0.05) is 6.42 Å². The molecule has 3 rings (SSSR count). The fourth-order valence-electron chi connectivity index (χ4n) is 3.35. The highest BCUT2D eigenvalue weighted by atomic mass is 35.5. The lowest BCUT2D eigenvalue weighted by Crippen LogP contribution is -2.29. The lowest BCUT2D eigenvalue weighted by molar-refractivity contribution is -0.121. The van der Waals surface area contributed by atoms with E-state index < -0.39 is 0 Å². The lowest BCUT2D eigenvalue weighted by Gasteiger charge is -2.16. The van der Waals surface area contributed by atoms with E-state index in [9.17, 15) is 9.59 Å². The molecule has 0 aliphatic heterocycles. The normalized spacial score (nSPS) is 18.8. The first kappa shape index (κ1) is 21.8. The third-order valence-electron chi connectivity index (χ3n) is 4.73. The average molecular weight is 429 g/mol. The molecular weight excluding hydrogens is 404 g/mol. The summed E-state index contributed by atoms with van der Waals surface area (Å²) in [5, 5.41) is 6.43. The second-order valence-corrected chi connectivity index (χ2v) is 8.99. The molecule has 2 atom stereocenters. The number of carbonyl (C=O) groups is 2. The van der Waals surface area contributed by atoms with E-state index in [4.69, 9.17) is 5.73 Å². The number of hydrogen-bond donors (Lipinski definition) is 3. The largest absolute Gasteiger partial charge is 0.351 e. The predicted octanol–water partition coefficient (Wildman–Crippen LogP) is 3.55. The number of nitrogens with two attached hydrogens (primary N) is 1. The van der Waals surface area contributed by atoms with Crippen LogP contribution in [0.4, 0.5) is 5.13 Å². The quantitative estimate of drug-likeness (QED) is 0.655. The molecule has 27 heavy (non-hydrogen) atoms. The maximum absolute atomic E-state index is 12.6. The van der Waals surface area contributed by atoms with Crippen LogP contribution >= 0.6 is 35.1 Å². The van der Waals surface area contributed by atoms with Gasteiger partial charge in [0.15, 0.2) is 5.13 Å². The van der Waals surface area contributed by atoms with Crippen LogP contribution in [-0.4, -0.2) is 23.3 Å². The molecule has 2 aromatic heterocycles. The SMILES string of the molecule is CC(=O)NCc1ccc(-c2nc(NC(=O)[C@@H]3CCC[C@@H]3CN)sc2C)s1.Cl. The van der Waals surface area contributed by atoms with E-state index in [2.05, 4.69) is 15.6 Å². The second-order valence-electron chi connectivity index (χ2n) is 6.62. The predicted molar refractivity (Wildman–Crippen MR) is 113 cm³/mol. The number of halogens is 1. The minimum atomic E-state index is -0.0440. The number of hydrogen-bond acceptors (Lipinski definition) is 6. The summed E-state index contributed by atoms with van der Waals surface area (Å²) in [6.07, 6.45) is 3.00. The van der Waals surface area contributed by atoms with Gasteiger partial charge < -0.3 is 16.4 Å². The number of aromatic nitrogens is 1. The van der Waals surface area contributed by atoms with Crippen molar-refractivity contribution in [3.05, 3.63) is 21.9 Å². The number of thiazole rings is 1. The average Bonchev–Trinajstić information content (AvgIpc) is 3.31. The van der Waals surface area contributed by atoms with Crippen LogP contribution < -0.4 is 16.4 Å². The molecule has 6 nitrogen and oxygen atoms in total. The number of carbonyl (C=O) groups excluding carboxylic acids is 2. The minimum Gasteiger partial charge on any atom is -0.351 e. The summed E-state index contributed by atoms with van der Waals surface area (Å²) >= 11 is 3.10. The Kier molecular flexibility index (Phi) is 7.79. The van der Waals surface area contributed by atoms with Gasteiger partial charge in [-0.25, -0.2) is 4.98 Å². The van der Waals surface area contributed by atoms with Gasteiger partial charge in [0, 0.05) is 22.6 Å². The van der Waals surface area contributed by atoms with Crippen LogP contribution in [0.5, 0.6) is 0 Å². The highest BCUT2D eigenvalue weighted by molar-refractivity contribution is 7.18. The third-order valence-corrected chi connectivity index (χ3v) is 6.71. The molecule has 9 heteroatoms. The Morgan fingerprint density at radius 2 is 2.07 bits per heavy atom. The fraction of sp³-hybridized carbons (Fsp3) is 0.500. The molecule has 2 amide bonds. The van der Waals surface area contributed by atoms with Crippen LogP contribution in [0.25, 0.3) is 10.6 Å². The van der Waals surface area contributed by atoms with E-state index in [1.807, 2.05) is 19.1 Å². The number of rotatable bonds is 6. The summed E-state index contributed by atoms with van der Waals surface area (Å²) in [4.78, 5) is 31.4. The van der Waals surface area contributed by atoms with Crippen LogP contribution in [0.1, 0.15) is 35.9 Å². The number of aryl methyl sites for hydroxylation is 1. The van der Waals surface area contributed by atoms with Crippen LogP contribution in [0.2, 0.25) is 0 Å². The highest BCUT2D eigenvalue weighted by Gasteiger charge is 2.32. The maximum atomic E-state index is 12.6.